The number of benzene rings is 1. The average Bonchev–Trinajstić information content (AvgIpc) is 2.21. The van der Waals surface area contributed by atoms with Crippen molar-refractivity contribution in [2.45, 2.75) is 6.10 Å². The van der Waals surface area contributed by atoms with Crippen molar-refractivity contribution in [3.8, 4) is 0 Å². The zero-order valence-electron chi connectivity index (χ0n) is 7.45. The zero-order chi connectivity index (χ0) is 9.52. The number of halogens is 1. The van der Waals surface area contributed by atoms with E-state index in [2.05, 4.69) is 0 Å². The third-order valence-electron chi connectivity index (χ3n) is 1.78. The van der Waals surface area contributed by atoms with E-state index in [1.807, 2.05) is 30.3 Å². The molecule has 0 radical (unpaired) electrons. The summed E-state index contributed by atoms with van der Waals surface area (Å²) in [4.78, 5) is 0. The Labute approximate surface area is 77.5 Å². The first-order chi connectivity index (χ1) is 6.38. The summed E-state index contributed by atoms with van der Waals surface area (Å²) in [5.41, 5.74) is 6.50. The summed E-state index contributed by atoms with van der Waals surface area (Å²) in [5, 5.41) is 0. The number of ether oxygens (including phenoxy) is 1. The molecule has 0 spiro atoms. The van der Waals surface area contributed by atoms with Crippen molar-refractivity contribution in [2.75, 3.05) is 19.8 Å². The van der Waals surface area contributed by atoms with E-state index >= 15 is 0 Å². The second-order valence-electron chi connectivity index (χ2n) is 2.69. The minimum Gasteiger partial charge on any atom is -0.369 e. The Morgan fingerprint density at radius 2 is 2.00 bits per heavy atom. The van der Waals surface area contributed by atoms with Gasteiger partial charge in [0.25, 0.3) is 0 Å². The first kappa shape index (κ1) is 10.2. The summed E-state index contributed by atoms with van der Waals surface area (Å²) >= 11 is 0. The van der Waals surface area contributed by atoms with Crippen LogP contribution in [-0.2, 0) is 4.74 Å². The van der Waals surface area contributed by atoms with Gasteiger partial charge < -0.3 is 10.5 Å². The molecule has 0 aliphatic heterocycles. The van der Waals surface area contributed by atoms with Gasteiger partial charge in [0.2, 0.25) is 0 Å². The quantitative estimate of drug-likeness (QED) is 0.753. The molecular formula is C10H14FNO. The Kier molecular flexibility index (Phi) is 4.43. The van der Waals surface area contributed by atoms with Crippen molar-refractivity contribution in [3.63, 3.8) is 0 Å². The lowest BCUT2D eigenvalue weighted by molar-refractivity contribution is 0.0492. The summed E-state index contributed by atoms with van der Waals surface area (Å²) in [6, 6.07) is 9.60. The second-order valence-corrected chi connectivity index (χ2v) is 2.69. The van der Waals surface area contributed by atoms with Gasteiger partial charge in [0.05, 0.1) is 12.7 Å². The number of nitrogens with two attached hydrogens (primary N) is 1. The molecule has 0 aliphatic carbocycles. The highest BCUT2D eigenvalue weighted by Gasteiger charge is 2.08. The van der Waals surface area contributed by atoms with Crippen molar-refractivity contribution in [2.24, 2.45) is 5.73 Å². The fraction of sp³-hybridized carbons (Fsp3) is 0.400. The molecule has 1 aromatic carbocycles. The summed E-state index contributed by atoms with van der Waals surface area (Å²) in [6.45, 7) is 0.0180. The first-order valence-corrected chi connectivity index (χ1v) is 4.31. The molecule has 0 aliphatic rings. The third-order valence-corrected chi connectivity index (χ3v) is 1.78. The number of hydrogen-bond donors (Lipinski definition) is 1. The van der Waals surface area contributed by atoms with Gasteiger partial charge in [-0.2, -0.15) is 0 Å². The molecule has 2 N–H and O–H groups in total. The molecule has 0 aromatic heterocycles. The molecule has 2 nitrogen and oxygen atoms in total. The Morgan fingerprint density at radius 3 is 2.54 bits per heavy atom. The highest BCUT2D eigenvalue weighted by atomic mass is 19.1. The van der Waals surface area contributed by atoms with Gasteiger partial charge in [-0.3, -0.25) is 0 Å². The Bertz CT molecular complexity index is 228. The predicted molar refractivity (Wildman–Crippen MR) is 50.2 cm³/mol. The van der Waals surface area contributed by atoms with Crippen LogP contribution in [0.15, 0.2) is 30.3 Å². The van der Waals surface area contributed by atoms with E-state index in [1.54, 1.807) is 0 Å². The molecule has 72 valence electrons. The van der Waals surface area contributed by atoms with Crippen molar-refractivity contribution < 1.29 is 9.13 Å². The SMILES string of the molecule is NCC(OCCF)c1ccccc1. The van der Waals surface area contributed by atoms with Gasteiger partial charge in [-0.15, -0.1) is 0 Å². The van der Waals surface area contributed by atoms with Gasteiger partial charge in [-0.1, -0.05) is 30.3 Å². The van der Waals surface area contributed by atoms with Gasteiger partial charge in [0, 0.05) is 6.54 Å². The van der Waals surface area contributed by atoms with Crippen LogP contribution in [0.3, 0.4) is 0 Å². The van der Waals surface area contributed by atoms with E-state index in [1.165, 1.54) is 0 Å². The second kappa shape index (κ2) is 5.67. The van der Waals surface area contributed by atoms with E-state index in [0.29, 0.717) is 6.54 Å². The smallest absolute Gasteiger partial charge is 0.113 e. The monoisotopic (exact) mass is 183 g/mol. The highest BCUT2D eigenvalue weighted by Crippen LogP contribution is 2.14. The Hall–Kier alpha value is -0.930. The molecule has 0 bridgehead atoms. The average molecular weight is 183 g/mol. The maximum atomic E-state index is 11.8. The maximum Gasteiger partial charge on any atom is 0.113 e. The molecule has 0 amide bonds. The fourth-order valence-electron chi connectivity index (χ4n) is 1.15. The van der Waals surface area contributed by atoms with E-state index in [4.69, 9.17) is 10.5 Å². The van der Waals surface area contributed by atoms with Gasteiger partial charge in [0.15, 0.2) is 0 Å². The molecule has 0 saturated carbocycles. The minimum absolute atomic E-state index is 0.108. The van der Waals surface area contributed by atoms with Crippen LogP contribution in [0.5, 0.6) is 0 Å². The predicted octanol–water partition coefficient (Wildman–Crippen LogP) is 1.67. The lowest BCUT2D eigenvalue weighted by Gasteiger charge is -2.14. The van der Waals surface area contributed by atoms with E-state index < -0.39 is 6.67 Å². The van der Waals surface area contributed by atoms with Gasteiger partial charge in [0.1, 0.15) is 6.67 Å². The van der Waals surface area contributed by atoms with Crippen LogP contribution in [0.2, 0.25) is 0 Å². The molecule has 0 saturated heterocycles. The van der Waals surface area contributed by atoms with Crippen molar-refractivity contribution in [1.82, 2.24) is 0 Å². The standard InChI is InChI=1S/C10H14FNO/c11-6-7-13-10(8-12)9-4-2-1-3-5-9/h1-5,10H,6-8,12H2. The Morgan fingerprint density at radius 1 is 1.31 bits per heavy atom. The number of rotatable bonds is 5. The molecule has 13 heavy (non-hydrogen) atoms. The molecular weight excluding hydrogens is 169 g/mol. The van der Waals surface area contributed by atoms with Crippen LogP contribution < -0.4 is 5.73 Å². The summed E-state index contributed by atoms with van der Waals surface area (Å²) < 4.78 is 17.1. The van der Waals surface area contributed by atoms with E-state index in [-0.39, 0.29) is 12.7 Å². The summed E-state index contributed by atoms with van der Waals surface area (Å²) in [6.07, 6.45) is -0.183. The molecule has 0 fully saturated rings. The minimum atomic E-state index is -0.469. The van der Waals surface area contributed by atoms with Crippen LogP contribution in [-0.4, -0.2) is 19.8 Å². The van der Waals surface area contributed by atoms with Crippen molar-refractivity contribution in [3.05, 3.63) is 35.9 Å². The van der Waals surface area contributed by atoms with Crippen molar-refractivity contribution >= 4 is 0 Å². The third kappa shape index (κ3) is 3.13. The normalized spacial score (nSPS) is 12.8. The molecule has 1 rings (SSSR count). The van der Waals surface area contributed by atoms with Gasteiger partial charge in [-0.25, -0.2) is 4.39 Å². The molecule has 3 heteroatoms. The largest absolute Gasteiger partial charge is 0.369 e. The highest BCUT2D eigenvalue weighted by molar-refractivity contribution is 5.17. The molecule has 0 heterocycles. The number of alkyl halides is 1. The van der Waals surface area contributed by atoms with Crippen LogP contribution >= 0.6 is 0 Å². The molecule has 1 aromatic rings. The molecule has 1 unspecified atom stereocenters. The van der Waals surface area contributed by atoms with Crippen molar-refractivity contribution in [1.29, 1.82) is 0 Å². The first-order valence-electron chi connectivity index (χ1n) is 4.31. The van der Waals surface area contributed by atoms with E-state index in [0.717, 1.165) is 5.56 Å². The molecule has 1 atom stereocenters. The lowest BCUT2D eigenvalue weighted by Crippen LogP contribution is -2.16. The Balaban J connectivity index is 2.56. The van der Waals surface area contributed by atoms with Crippen LogP contribution in [0.25, 0.3) is 0 Å². The summed E-state index contributed by atoms with van der Waals surface area (Å²) in [5.74, 6) is 0. The zero-order valence-corrected chi connectivity index (χ0v) is 7.45. The van der Waals surface area contributed by atoms with Crippen LogP contribution in [0.4, 0.5) is 4.39 Å². The van der Waals surface area contributed by atoms with E-state index in [9.17, 15) is 4.39 Å². The van der Waals surface area contributed by atoms with Gasteiger partial charge >= 0.3 is 0 Å². The summed E-state index contributed by atoms with van der Waals surface area (Å²) in [7, 11) is 0. The van der Waals surface area contributed by atoms with Crippen LogP contribution in [0.1, 0.15) is 11.7 Å². The van der Waals surface area contributed by atoms with Crippen LogP contribution in [0, 0.1) is 0 Å². The maximum absolute atomic E-state index is 11.8. The fourth-order valence-corrected chi connectivity index (χ4v) is 1.15. The lowest BCUT2D eigenvalue weighted by atomic mass is 10.1. The van der Waals surface area contributed by atoms with Gasteiger partial charge in [-0.05, 0) is 5.56 Å². The topological polar surface area (TPSA) is 35.2 Å². The number of hydrogen-bond acceptors (Lipinski definition) is 2.